The second-order valence-corrected chi connectivity index (χ2v) is 5.29. The summed E-state index contributed by atoms with van der Waals surface area (Å²) in [7, 11) is 0. The quantitative estimate of drug-likeness (QED) is 0.848. The smallest absolute Gasteiger partial charge is 0.222 e. The summed E-state index contributed by atoms with van der Waals surface area (Å²) in [6, 6.07) is 10.1. The molecule has 18 heavy (non-hydrogen) atoms. The average molecular weight is 258 g/mol. The van der Waals surface area contributed by atoms with Gasteiger partial charge in [0.05, 0.1) is 12.2 Å². The Balaban J connectivity index is 1.76. The van der Waals surface area contributed by atoms with Gasteiger partial charge in [0.1, 0.15) is 5.01 Å². The molecule has 92 valence electrons. The number of benzene rings is 1. The maximum absolute atomic E-state index is 11.6. The third-order valence-corrected chi connectivity index (χ3v) is 4.04. The second-order valence-electron chi connectivity index (χ2n) is 4.43. The molecule has 0 bridgehead atoms. The summed E-state index contributed by atoms with van der Waals surface area (Å²) < 4.78 is 0. The zero-order chi connectivity index (χ0) is 12.4. The summed E-state index contributed by atoms with van der Waals surface area (Å²) >= 11 is 1.64. The van der Waals surface area contributed by atoms with Crippen LogP contribution in [0.5, 0.6) is 0 Å². The van der Waals surface area contributed by atoms with Gasteiger partial charge in [0, 0.05) is 23.9 Å². The summed E-state index contributed by atoms with van der Waals surface area (Å²) in [4.78, 5) is 18.1. The van der Waals surface area contributed by atoms with Crippen molar-refractivity contribution >= 4 is 17.2 Å². The molecule has 1 aliphatic rings. The predicted octanol–water partition coefficient (Wildman–Crippen LogP) is 2.93. The molecule has 1 aliphatic heterocycles. The minimum Gasteiger partial charge on any atom is -0.337 e. The fourth-order valence-electron chi connectivity index (χ4n) is 2.16. The van der Waals surface area contributed by atoms with Gasteiger partial charge < -0.3 is 4.90 Å². The lowest BCUT2D eigenvalue weighted by atomic mass is 10.2. The van der Waals surface area contributed by atoms with E-state index in [0.29, 0.717) is 13.0 Å². The Hall–Kier alpha value is -1.68. The molecule has 3 nitrogen and oxygen atoms in total. The molecule has 0 radical (unpaired) electrons. The number of rotatable bonds is 3. The van der Waals surface area contributed by atoms with Crippen LogP contribution in [0, 0.1) is 0 Å². The molecule has 1 aromatic heterocycles. The van der Waals surface area contributed by atoms with Crippen molar-refractivity contribution in [1.29, 1.82) is 0 Å². The van der Waals surface area contributed by atoms with E-state index in [4.69, 9.17) is 0 Å². The lowest BCUT2D eigenvalue weighted by Gasteiger charge is -2.12. The van der Waals surface area contributed by atoms with Crippen LogP contribution in [-0.4, -0.2) is 22.3 Å². The van der Waals surface area contributed by atoms with Gasteiger partial charge in [-0.1, -0.05) is 30.3 Å². The molecule has 0 unspecified atom stereocenters. The molecule has 1 fully saturated rings. The Morgan fingerprint density at radius 2 is 2.11 bits per heavy atom. The van der Waals surface area contributed by atoms with E-state index in [1.165, 1.54) is 0 Å². The summed E-state index contributed by atoms with van der Waals surface area (Å²) in [6.45, 7) is 1.53. The molecular weight excluding hydrogens is 244 g/mol. The van der Waals surface area contributed by atoms with E-state index in [9.17, 15) is 4.79 Å². The summed E-state index contributed by atoms with van der Waals surface area (Å²) in [5.41, 5.74) is 2.13. The molecule has 2 aromatic rings. The maximum Gasteiger partial charge on any atom is 0.222 e. The van der Waals surface area contributed by atoms with Crippen LogP contribution in [0.2, 0.25) is 0 Å². The SMILES string of the molecule is O=C1CCCN1Cc1csc(-c2ccccc2)n1. The highest BCUT2D eigenvalue weighted by atomic mass is 32.1. The summed E-state index contributed by atoms with van der Waals surface area (Å²) in [5.74, 6) is 0.254. The molecule has 0 spiro atoms. The predicted molar refractivity (Wildman–Crippen MR) is 72.2 cm³/mol. The number of amides is 1. The largest absolute Gasteiger partial charge is 0.337 e. The van der Waals surface area contributed by atoms with E-state index in [-0.39, 0.29) is 5.91 Å². The first-order valence-electron chi connectivity index (χ1n) is 6.10. The van der Waals surface area contributed by atoms with Gasteiger partial charge >= 0.3 is 0 Å². The zero-order valence-corrected chi connectivity index (χ0v) is 10.8. The van der Waals surface area contributed by atoms with Gasteiger partial charge in [-0.3, -0.25) is 4.79 Å². The van der Waals surface area contributed by atoms with Crippen molar-refractivity contribution in [2.24, 2.45) is 0 Å². The molecule has 0 N–H and O–H groups in total. The Labute approximate surface area is 110 Å². The third kappa shape index (κ3) is 2.29. The monoisotopic (exact) mass is 258 g/mol. The Kier molecular flexibility index (Phi) is 3.11. The van der Waals surface area contributed by atoms with Crippen LogP contribution in [0.15, 0.2) is 35.7 Å². The second kappa shape index (κ2) is 4.90. The number of carbonyl (C=O) groups is 1. The Morgan fingerprint density at radius 1 is 1.28 bits per heavy atom. The van der Waals surface area contributed by atoms with Crippen LogP contribution in [0.25, 0.3) is 10.6 Å². The molecule has 0 aliphatic carbocycles. The molecule has 4 heteroatoms. The van der Waals surface area contributed by atoms with E-state index in [2.05, 4.69) is 17.1 Å². The van der Waals surface area contributed by atoms with Crippen molar-refractivity contribution in [2.45, 2.75) is 19.4 Å². The molecule has 1 amide bonds. The lowest BCUT2D eigenvalue weighted by molar-refractivity contribution is -0.128. The molecule has 0 atom stereocenters. The first-order valence-corrected chi connectivity index (χ1v) is 6.98. The van der Waals surface area contributed by atoms with Gasteiger partial charge in [-0.25, -0.2) is 4.98 Å². The molecule has 0 saturated carbocycles. The Bertz CT molecular complexity index is 550. The van der Waals surface area contributed by atoms with E-state index in [1.54, 1.807) is 11.3 Å². The van der Waals surface area contributed by atoms with Crippen molar-refractivity contribution in [3.63, 3.8) is 0 Å². The van der Waals surface area contributed by atoms with Gasteiger partial charge in [-0.2, -0.15) is 0 Å². The van der Waals surface area contributed by atoms with Crippen molar-refractivity contribution < 1.29 is 4.79 Å². The summed E-state index contributed by atoms with van der Waals surface area (Å²) in [5, 5.41) is 3.07. The fourth-order valence-corrected chi connectivity index (χ4v) is 2.98. The number of hydrogen-bond donors (Lipinski definition) is 0. The lowest BCUT2D eigenvalue weighted by Crippen LogP contribution is -2.23. The normalized spacial score (nSPS) is 15.3. The van der Waals surface area contributed by atoms with Gasteiger partial charge in [-0.15, -0.1) is 11.3 Å². The highest BCUT2D eigenvalue weighted by Crippen LogP contribution is 2.24. The molecule has 1 saturated heterocycles. The number of aromatic nitrogens is 1. The van der Waals surface area contributed by atoms with Gasteiger partial charge in [0.15, 0.2) is 0 Å². The molecule has 1 aromatic carbocycles. The standard InChI is InChI=1S/C14H14N2OS/c17-13-7-4-8-16(13)9-12-10-18-14(15-12)11-5-2-1-3-6-11/h1-3,5-6,10H,4,7-9H2. The number of likely N-dealkylation sites (tertiary alicyclic amines) is 1. The number of nitrogens with zero attached hydrogens (tertiary/aromatic N) is 2. The highest BCUT2D eigenvalue weighted by molar-refractivity contribution is 7.13. The number of carbonyl (C=O) groups excluding carboxylic acids is 1. The maximum atomic E-state index is 11.6. The van der Waals surface area contributed by atoms with E-state index in [1.807, 2.05) is 28.5 Å². The summed E-state index contributed by atoms with van der Waals surface area (Å²) in [6.07, 6.45) is 1.67. The first-order chi connectivity index (χ1) is 8.83. The van der Waals surface area contributed by atoms with Gasteiger partial charge in [0.2, 0.25) is 5.91 Å². The van der Waals surface area contributed by atoms with E-state index >= 15 is 0 Å². The third-order valence-electron chi connectivity index (χ3n) is 3.10. The van der Waals surface area contributed by atoms with Crippen molar-refractivity contribution in [1.82, 2.24) is 9.88 Å². The minimum atomic E-state index is 0.254. The molecule has 3 rings (SSSR count). The van der Waals surface area contributed by atoms with E-state index in [0.717, 1.165) is 29.2 Å². The fraction of sp³-hybridized carbons (Fsp3) is 0.286. The van der Waals surface area contributed by atoms with Gasteiger partial charge in [-0.05, 0) is 6.42 Å². The first kappa shape index (κ1) is 11.4. The van der Waals surface area contributed by atoms with Crippen molar-refractivity contribution in [2.75, 3.05) is 6.54 Å². The topological polar surface area (TPSA) is 33.2 Å². The van der Waals surface area contributed by atoms with Crippen LogP contribution >= 0.6 is 11.3 Å². The van der Waals surface area contributed by atoms with E-state index < -0.39 is 0 Å². The van der Waals surface area contributed by atoms with Crippen LogP contribution in [-0.2, 0) is 11.3 Å². The van der Waals surface area contributed by atoms with Crippen molar-refractivity contribution in [3.8, 4) is 10.6 Å². The number of thiazole rings is 1. The van der Waals surface area contributed by atoms with Crippen LogP contribution in [0.1, 0.15) is 18.5 Å². The van der Waals surface area contributed by atoms with Crippen LogP contribution in [0.3, 0.4) is 0 Å². The van der Waals surface area contributed by atoms with Crippen molar-refractivity contribution in [3.05, 3.63) is 41.4 Å². The van der Waals surface area contributed by atoms with Crippen LogP contribution in [0.4, 0.5) is 0 Å². The average Bonchev–Trinajstić information content (AvgIpc) is 3.02. The molecule has 2 heterocycles. The highest BCUT2D eigenvalue weighted by Gasteiger charge is 2.20. The number of hydrogen-bond acceptors (Lipinski definition) is 3. The van der Waals surface area contributed by atoms with Crippen LogP contribution < -0.4 is 0 Å². The minimum absolute atomic E-state index is 0.254. The molecular formula is C14H14N2OS. The zero-order valence-electron chi connectivity index (χ0n) is 10.0. The van der Waals surface area contributed by atoms with Gasteiger partial charge in [0.25, 0.3) is 0 Å². The Morgan fingerprint density at radius 3 is 2.83 bits per heavy atom.